The summed E-state index contributed by atoms with van der Waals surface area (Å²) in [6, 6.07) is 12.4. The van der Waals surface area contributed by atoms with Crippen molar-refractivity contribution in [3.05, 3.63) is 53.0 Å². The van der Waals surface area contributed by atoms with E-state index in [-0.39, 0.29) is 0 Å². The van der Waals surface area contributed by atoms with Crippen molar-refractivity contribution in [3.8, 4) is 10.6 Å². The average Bonchev–Trinajstić information content (AvgIpc) is 3.22. The Morgan fingerprint density at radius 1 is 1.08 bits per heavy atom. The minimum absolute atomic E-state index is 0.300. The summed E-state index contributed by atoms with van der Waals surface area (Å²) in [5.41, 5.74) is 8.85. The standard InChI is InChI=1S/C18H17N5S2/c1-11-4-3-5-15-16(11)22-18(25-15)23(2)10-12-6-7-14(24-12)13-8-9-20-17(19)21-13/h3-9H,10H2,1-2H3,(H2,19,20,21). The van der Waals surface area contributed by atoms with Gasteiger partial charge < -0.3 is 10.6 Å². The Morgan fingerprint density at radius 3 is 2.76 bits per heavy atom. The van der Waals surface area contributed by atoms with Gasteiger partial charge in [-0.1, -0.05) is 23.5 Å². The van der Waals surface area contributed by atoms with E-state index in [9.17, 15) is 0 Å². The maximum Gasteiger partial charge on any atom is 0.220 e. The van der Waals surface area contributed by atoms with Gasteiger partial charge in [0.25, 0.3) is 0 Å². The van der Waals surface area contributed by atoms with Crippen LogP contribution in [0, 0.1) is 6.92 Å². The lowest BCUT2D eigenvalue weighted by Gasteiger charge is -2.13. The number of para-hydroxylation sites is 1. The van der Waals surface area contributed by atoms with Crippen molar-refractivity contribution < 1.29 is 0 Å². The Morgan fingerprint density at radius 2 is 1.96 bits per heavy atom. The molecule has 7 heteroatoms. The summed E-state index contributed by atoms with van der Waals surface area (Å²) >= 11 is 3.44. The summed E-state index contributed by atoms with van der Waals surface area (Å²) in [4.78, 5) is 17.6. The monoisotopic (exact) mass is 367 g/mol. The molecule has 5 nitrogen and oxygen atoms in total. The van der Waals surface area contributed by atoms with Crippen molar-refractivity contribution in [2.24, 2.45) is 0 Å². The molecule has 4 aromatic rings. The topological polar surface area (TPSA) is 67.9 Å². The van der Waals surface area contributed by atoms with Gasteiger partial charge in [0.15, 0.2) is 5.13 Å². The molecule has 4 rings (SSSR count). The maximum atomic E-state index is 5.68. The molecule has 0 atom stereocenters. The number of fused-ring (bicyclic) bond motifs is 1. The minimum Gasteiger partial charge on any atom is -0.368 e. The molecular formula is C18H17N5S2. The number of anilines is 2. The molecule has 0 saturated carbocycles. The first-order chi connectivity index (χ1) is 12.1. The fourth-order valence-corrected chi connectivity index (χ4v) is 4.69. The number of thiazole rings is 1. The molecule has 0 aliphatic carbocycles. The van der Waals surface area contributed by atoms with Gasteiger partial charge in [-0.25, -0.2) is 15.0 Å². The van der Waals surface area contributed by atoms with Crippen molar-refractivity contribution in [3.63, 3.8) is 0 Å². The number of thiophene rings is 1. The third-order valence-electron chi connectivity index (χ3n) is 3.92. The highest BCUT2D eigenvalue weighted by Crippen LogP contribution is 2.32. The second-order valence-corrected chi connectivity index (χ2v) is 8.02. The smallest absolute Gasteiger partial charge is 0.220 e. The molecule has 0 amide bonds. The fraction of sp³-hybridized carbons (Fsp3) is 0.167. The summed E-state index contributed by atoms with van der Waals surface area (Å²) in [5, 5.41) is 1.03. The Balaban J connectivity index is 1.56. The molecule has 126 valence electrons. The van der Waals surface area contributed by atoms with Crippen molar-refractivity contribution in [1.82, 2.24) is 15.0 Å². The summed E-state index contributed by atoms with van der Waals surface area (Å²) in [7, 11) is 2.08. The zero-order valence-electron chi connectivity index (χ0n) is 13.9. The van der Waals surface area contributed by atoms with Crippen LogP contribution in [-0.4, -0.2) is 22.0 Å². The fourth-order valence-electron chi connectivity index (χ4n) is 2.65. The van der Waals surface area contributed by atoms with E-state index in [1.165, 1.54) is 15.1 Å². The molecule has 0 spiro atoms. The molecule has 3 aromatic heterocycles. The van der Waals surface area contributed by atoms with E-state index in [4.69, 9.17) is 10.7 Å². The van der Waals surface area contributed by atoms with Crippen LogP contribution in [0.4, 0.5) is 11.1 Å². The molecular weight excluding hydrogens is 350 g/mol. The molecule has 0 saturated heterocycles. The average molecular weight is 368 g/mol. The van der Waals surface area contributed by atoms with Gasteiger partial charge in [-0.3, -0.25) is 0 Å². The number of benzene rings is 1. The van der Waals surface area contributed by atoms with Gasteiger partial charge in [0.2, 0.25) is 5.95 Å². The number of rotatable bonds is 4. The number of nitrogens with zero attached hydrogens (tertiary/aromatic N) is 4. The quantitative estimate of drug-likeness (QED) is 0.581. The van der Waals surface area contributed by atoms with Crippen LogP contribution in [0.2, 0.25) is 0 Å². The molecule has 0 aliphatic heterocycles. The summed E-state index contributed by atoms with van der Waals surface area (Å²) in [6.07, 6.45) is 1.69. The Bertz CT molecular complexity index is 1040. The van der Waals surface area contributed by atoms with E-state index in [1.54, 1.807) is 28.9 Å². The van der Waals surface area contributed by atoms with E-state index in [1.807, 2.05) is 6.07 Å². The molecule has 0 aliphatic rings. The number of nitrogens with two attached hydrogens (primary N) is 1. The lowest BCUT2D eigenvalue weighted by Crippen LogP contribution is -2.15. The van der Waals surface area contributed by atoms with Gasteiger partial charge in [0, 0.05) is 18.1 Å². The lowest BCUT2D eigenvalue weighted by molar-refractivity contribution is 0.933. The normalized spacial score (nSPS) is 11.1. The minimum atomic E-state index is 0.300. The van der Waals surface area contributed by atoms with Gasteiger partial charge >= 0.3 is 0 Å². The lowest BCUT2D eigenvalue weighted by atomic mass is 10.2. The maximum absolute atomic E-state index is 5.68. The van der Waals surface area contributed by atoms with Crippen LogP contribution in [0.3, 0.4) is 0 Å². The second kappa shape index (κ2) is 6.42. The first-order valence-corrected chi connectivity index (χ1v) is 9.48. The third-order valence-corrected chi connectivity index (χ3v) is 6.14. The van der Waals surface area contributed by atoms with E-state index in [2.05, 4.69) is 59.2 Å². The summed E-state index contributed by atoms with van der Waals surface area (Å²) < 4.78 is 1.23. The van der Waals surface area contributed by atoms with E-state index >= 15 is 0 Å². The SMILES string of the molecule is Cc1cccc2sc(N(C)Cc3ccc(-c4ccnc(N)n4)s3)nc12. The number of hydrogen-bond acceptors (Lipinski definition) is 7. The van der Waals surface area contributed by atoms with Crippen LogP contribution >= 0.6 is 22.7 Å². The molecule has 0 bridgehead atoms. The highest BCUT2D eigenvalue weighted by molar-refractivity contribution is 7.22. The molecule has 0 radical (unpaired) electrons. The van der Waals surface area contributed by atoms with Crippen LogP contribution in [-0.2, 0) is 6.54 Å². The van der Waals surface area contributed by atoms with Gasteiger partial charge in [0.05, 0.1) is 27.3 Å². The van der Waals surface area contributed by atoms with Gasteiger partial charge in [-0.2, -0.15) is 0 Å². The molecule has 1 aromatic carbocycles. The van der Waals surface area contributed by atoms with Crippen LogP contribution in [0.1, 0.15) is 10.4 Å². The van der Waals surface area contributed by atoms with Crippen molar-refractivity contribution in [1.29, 1.82) is 0 Å². The first kappa shape index (κ1) is 16.0. The largest absolute Gasteiger partial charge is 0.368 e. The predicted octanol–water partition coefficient (Wildman–Crippen LogP) is 4.34. The van der Waals surface area contributed by atoms with Crippen molar-refractivity contribution in [2.45, 2.75) is 13.5 Å². The summed E-state index contributed by atoms with van der Waals surface area (Å²) in [5.74, 6) is 0.300. The highest BCUT2D eigenvalue weighted by Gasteiger charge is 2.12. The molecule has 25 heavy (non-hydrogen) atoms. The van der Waals surface area contributed by atoms with Crippen molar-refractivity contribution in [2.75, 3.05) is 17.7 Å². The number of aryl methyl sites for hydroxylation is 1. The van der Waals surface area contributed by atoms with E-state index in [0.29, 0.717) is 5.95 Å². The number of aromatic nitrogens is 3. The molecule has 0 fully saturated rings. The van der Waals surface area contributed by atoms with Crippen molar-refractivity contribution >= 4 is 44.0 Å². The van der Waals surface area contributed by atoms with E-state index in [0.717, 1.165) is 27.8 Å². The van der Waals surface area contributed by atoms with Crippen LogP contribution < -0.4 is 10.6 Å². The third kappa shape index (κ3) is 3.20. The second-order valence-electron chi connectivity index (χ2n) is 5.84. The molecule has 3 heterocycles. The van der Waals surface area contributed by atoms with Gasteiger partial charge in [-0.05, 0) is 36.8 Å². The first-order valence-electron chi connectivity index (χ1n) is 7.85. The van der Waals surface area contributed by atoms with Gasteiger partial charge in [0.1, 0.15) is 0 Å². The van der Waals surface area contributed by atoms with Gasteiger partial charge in [-0.15, -0.1) is 11.3 Å². The number of nitrogen functional groups attached to an aromatic ring is 1. The Kier molecular flexibility index (Phi) is 4.10. The van der Waals surface area contributed by atoms with Crippen LogP contribution in [0.5, 0.6) is 0 Å². The number of hydrogen-bond donors (Lipinski definition) is 1. The Labute approximate surface area is 153 Å². The van der Waals surface area contributed by atoms with Crippen LogP contribution in [0.15, 0.2) is 42.6 Å². The molecule has 0 unspecified atom stereocenters. The van der Waals surface area contributed by atoms with Crippen LogP contribution in [0.25, 0.3) is 20.8 Å². The predicted molar refractivity (Wildman–Crippen MR) is 106 cm³/mol. The zero-order chi connectivity index (χ0) is 17.4. The Hall–Kier alpha value is -2.51. The highest BCUT2D eigenvalue weighted by atomic mass is 32.1. The summed E-state index contributed by atoms with van der Waals surface area (Å²) in [6.45, 7) is 2.91. The van der Waals surface area contributed by atoms with E-state index < -0.39 is 0 Å². The zero-order valence-corrected chi connectivity index (χ0v) is 15.6. The molecule has 2 N–H and O–H groups in total.